The van der Waals surface area contributed by atoms with Crippen LogP contribution in [0.15, 0.2) is 18.5 Å². The molecule has 1 aromatic heterocycles. The van der Waals surface area contributed by atoms with Gasteiger partial charge in [-0.25, -0.2) is 0 Å². The molecule has 2 heterocycles. The van der Waals surface area contributed by atoms with E-state index in [2.05, 4.69) is 49.1 Å². The number of pyridine rings is 1. The summed E-state index contributed by atoms with van der Waals surface area (Å²) in [5.41, 5.74) is 2.52. The monoisotopic (exact) mass is 261 g/mol. The van der Waals surface area contributed by atoms with E-state index in [1.807, 2.05) is 12.4 Å². The third kappa shape index (κ3) is 3.93. The molecule has 1 saturated heterocycles. The molecule has 1 unspecified atom stereocenters. The largest absolute Gasteiger partial charge is 0.381 e. The zero-order chi connectivity index (χ0) is 13.8. The molecule has 1 aliphatic heterocycles. The second-order valence-electron chi connectivity index (χ2n) is 6.26. The molecule has 2 rings (SSSR count). The zero-order valence-electron chi connectivity index (χ0n) is 12.7. The van der Waals surface area contributed by atoms with Gasteiger partial charge in [0, 0.05) is 18.4 Å². The Labute approximate surface area is 117 Å². The van der Waals surface area contributed by atoms with Gasteiger partial charge in [-0.15, -0.1) is 0 Å². The van der Waals surface area contributed by atoms with Crippen LogP contribution in [0.4, 0.5) is 5.69 Å². The van der Waals surface area contributed by atoms with Crippen LogP contribution in [0.5, 0.6) is 0 Å². The lowest BCUT2D eigenvalue weighted by atomic mass is 9.91. The van der Waals surface area contributed by atoms with Crippen LogP contribution in [-0.2, 0) is 0 Å². The molecule has 106 valence electrons. The molecule has 19 heavy (non-hydrogen) atoms. The summed E-state index contributed by atoms with van der Waals surface area (Å²) >= 11 is 0. The minimum Gasteiger partial charge on any atom is -0.381 e. The first kappa shape index (κ1) is 14.3. The lowest BCUT2D eigenvalue weighted by Crippen LogP contribution is -2.36. The number of anilines is 1. The summed E-state index contributed by atoms with van der Waals surface area (Å²) in [7, 11) is 2.20. The quantitative estimate of drug-likeness (QED) is 0.901. The van der Waals surface area contributed by atoms with Gasteiger partial charge < -0.3 is 10.2 Å². The lowest BCUT2D eigenvalue weighted by Gasteiger charge is -2.30. The summed E-state index contributed by atoms with van der Waals surface area (Å²) in [5, 5.41) is 3.65. The van der Waals surface area contributed by atoms with E-state index >= 15 is 0 Å². The molecular weight excluding hydrogens is 234 g/mol. The number of aromatic nitrogens is 1. The third-order valence-electron chi connectivity index (χ3n) is 4.37. The van der Waals surface area contributed by atoms with Crippen molar-refractivity contribution in [2.75, 3.05) is 25.5 Å². The maximum Gasteiger partial charge on any atom is 0.0531 e. The molecule has 3 nitrogen and oxygen atoms in total. The van der Waals surface area contributed by atoms with Crippen LogP contribution in [0.25, 0.3) is 0 Å². The lowest BCUT2D eigenvalue weighted by molar-refractivity contribution is 0.264. The molecule has 1 aliphatic rings. The fourth-order valence-corrected chi connectivity index (χ4v) is 2.56. The van der Waals surface area contributed by atoms with Gasteiger partial charge in [0.15, 0.2) is 0 Å². The average molecular weight is 261 g/mol. The van der Waals surface area contributed by atoms with E-state index in [4.69, 9.17) is 0 Å². The number of rotatable bonds is 4. The molecule has 1 aromatic rings. The highest BCUT2D eigenvalue weighted by Crippen LogP contribution is 2.25. The first-order valence-corrected chi connectivity index (χ1v) is 7.46. The van der Waals surface area contributed by atoms with Gasteiger partial charge in [0.2, 0.25) is 0 Å². The number of hydrogen-bond acceptors (Lipinski definition) is 3. The highest BCUT2D eigenvalue weighted by molar-refractivity contribution is 5.44. The maximum absolute atomic E-state index is 4.40. The average Bonchev–Trinajstić information content (AvgIpc) is 2.41. The SMILES string of the molecule is CC(C)C(C)c1cncc(NC2CCN(C)CC2)c1. The van der Waals surface area contributed by atoms with E-state index in [1.54, 1.807) is 0 Å². The first-order valence-electron chi connectivity index (χ1n) is 7.46. The van der Waals surface area contributed by atoms with Crippen LogP contribution in [0, 0.1) is 5.92 Å². The third-order valence-corrected chi connectivity index (χ3v) is 4.37. The van der Waals surface area contributed by atoms with E-state index < -0.39 is 0 Å². The van der Waals surface area contributed by atoms with E-state index in [9.17, 15) is 0 Å². The molecule has 1 atom stereocenters. The topological polar surface area (TPSA) is 28.2 Å². The Bertz CT molecular complexity index is 395. The molecule has 0 aliphatic carbocycles. The van der Waals surface area contributed by atoms with Gasteiger partial charge >= 0.3 is 0 Å². The molecule has 0 aromatic carbocycles. The van der Waals surface area contributed by atoms with Crippen molar-refractivity contribution in [3.8, 4) is 0 Å². The van der Waals surface area contributed by atoms with Crippen LogP contribution in [0.3, 0.4) is 0 Å². The minimum absolute atomic E-state index is 0.562. The molecule has 0 amide bonds. The summed E-state index contributed by atoms with van der Waals surface area (Å²) in [5.74, 6) is 1.21. The van der Waals surface area contributed by atoms with Gasteiger partial charge in [-0.3, -0.25) is 4.98 Å². The normalized spacial score (nSPS) is 19.6. The molecule has 0 spiro atoms. The summed E-state index contributed by atoms with van der Waals surface area (Å²) in [4.78, 5) is 6.79. The van der Waals surface area contributed by atoms with Crippen molar-refractivity contribution >= 4 is 5.69 Å². The minimum atomic E-state index is 0.562. The summed E-state index contributed by atoms with van der Waals surface area (Å²) in [6, 6.07) is 2.87. The van der Waals surface area contributed by atoms with Crippen molar-refractivity contribution in [1.29, 1.82) is 0 Å². The van der Waals surface area contributed by atoms with Crippen molar-refractivity contribution in [1.82, 2.24) is 9.88 Å². The van der Waals surface area contributed by atoms with Crippen LogP contribution in [-0.4, -0.2) is 36.1 Å². The standard InChI is InChI=1S/C16H27N3/c1-12(2)13(3)14-9-16(11-17-10-14)18-15-5-7-19(4)8-6-15/h9-13,15,18H,5-8H2,1-4H3. The molecule has 0 saturated carbocycles. The summed E-state index contributed by atoms with van der Waals surface area (Å²) in [6.45, 7) is 9.19. The number of nitrogens with zero attached hydrogens (tertiary/aromatic N) is 2. The van der Waals surface area contributed by atoms with E-state index in [0.29, 0.717) is 17.9 Å². The van der Waals surface area contributed by atoms with Gasteiger partial charge in [-0.1, -0.05) is 20.8 Å². The predicted octanol–water partition coefficient (Wildman–Crippen LogP) is 3.35. The smallest absolute Gasteiger partial charge is 0.0531 e. The van der Waals surface area contributed by atoms with Gasteiger partial charge in [0.25, 0.3) is 0 Å². The number of nitrogens with one attached hydrogen (secondary N) is 1. The van der Waals surface area contributed by atoms with Gasteiger partial charge in [-0.2, -0.15) is 0 Å². The van der Waals surface area contributed by atoms with E-state index in [-0.39, 0.29) is 0 Å². The van der Waals surface area contributed by atoms with E-state index in [1.165, 1.54) is 37.2 Å². The van der Waals surface area contributed by atoms with Crippen molar-refractivity contribution in [3.63, 3.8) is 0 Å². The van der Waals surface area contributed by atoms with Gasteiger partial charge in [0.1, 0.15) is 0 Å². The Hall–Kier alpha value is -1.09. The second-order valence-corrected chi connectivity index (χ2v) is 6.26. The van der Waals surface area contributed by atoms with Crippen LogP contribution in [0.2, 0.25) is 0 Å². The Morgan fingerprint density at radius 2 is 1.89 bits per heavy atom. The summed E-state index contributed by atoms with van der Waals surface area (Å²) in [6.07, 6.45) is 6.40. The summed E-state index contributed by atoms with van der Waals surface area (Å²) < 4.78 is 0. The van der Waals surface area contributed by atoms with Crippen molar-refractivity contribution in [3.05, 3.63) is 24.0 Å². The van der Waals surface area contributed by atoms with Crippen molar-refractivity contribution < 1.29 is 0 Å². The van der Waals surface area contributed by atoms with Crippen LogP contribution < -0.4 is 5.32 Å². The van der Waals surface area contributed by atoms with Gasteiger partial charge in [-0.05, 0) is 56.4 Å². The highest BCUT2D eigenvalue weighted by Gasteiger charge is 2.17. The predicted molar refractivity (Wildman–Crippen MR) is 81.6 cm³/mol. The Kier molecular flexibility index (Phi) is 4.81. The highest BCUT2D eigenvalue weighted by atomic mass is 15.1. The van der Waals surface area contributed by atoms with Crippen molar-refractivity contribution in [2.45, 2.75) is 45.6 Å². The second kappa shape index (κ2) is 6.38. The molecule has 0 bridgehead atoms. The molecule has 1 fully saturated rings. The molecule has 1 N–H and O–H groups in total. The molecule has 0 radical (unpaired) electrons. The molecule has 3 heteroatoms. The maximum atomic E-state index is 4.40. The molecular formula is C16H27N3. The Morgan fingerprint density at radius 1 is 1.21 bits per heavy atom. The zero-order valence-corrected chi connectivity index (χ0v) is 12.7. The number of piperidine rings is 1. The fourth-order valence-electron chi connectivity index (χ4n) is 2.56. The van der Waals surface area contributed by atoms with Crippen LogP contribution in [0.1, 0.15) is 45.1 Å². The Morgan fingerprint density at radius 3 is 2.53 bits per heavy atom. The fraction of sp³-hybridized carbons (Fsp3) is 0.688. The van der Waals surface area contributed by atoms with E-state index in [0.717, 1.165) is 0 Å². The Balaban J connectivity index is 1.99. The van der Waals surface area contributed by atoms with Crippen LogP contribution >= 0.6 is 0 Å². The van der Waals surface area contributed by atoms with Crippen molar-refractivity contribution in [2.24, 2.45) is 5.92 Å². The van der Waals surface area contributed by atoms with Gasteiger partial charge in [0.05, 0.1) is 5.69 Å². The first-order chi connectivity index (χ1) is 9.06. The number of likely N-dealkylation sites (tertiary alicyclic amines) is 1. The number of hydrogen-bond donors (Lipinski definition) is 1.